The van der Waals surface area contributed by atoms with E-state index < -0.39 is 17.1 Å². The minimum Gasteiger partial charge on any atom is -0.396 e. The van der Waals surface area contributed by atoms with Crippen molar-refractivity contribution >= 4 is 0 Å². The van der Waals surface area contributed by atoms with E-state index in [1.54, 1.807) is 0 Å². The second kappa shape index (κ2) is 6.45. The molecule has 1 spiro atoms. The first kappa shape index (κ1) is 19.6. The van der Waals surface area contributed by atoms with Gasteiger partial charge in [-0.1, -0.05) is 20.8 Å². The van der Waals surface area contributed by atoms with Crippen LogP contribution in [0.1, 0.15) is 65.7 Å². The zero-order chi connectivity index (χ0) is 18.5. The van der Waals surface area contributed by atoms with Gasteiger partial charge in [0.05, 0.1) is 30.5 Å². The third-order valence-electron chi connectivity index (χ3n) is 8.46. The van der Waals surface area contributed by atoms with Gasteiger partial charge in [-0.15, -0.1) is 0 Å². The molecule has 0 unspecified atom stereocenters. The lowest BCUT2D eigenvalue weighted by atomic mass is 9.43. The first-order valence-corrected chi connectivity index (χ1v) is 9.94. The van der Waals surface area contributed by atoms with E-state index >= 15 is 0 Å². The predicted molar refractivity (Wildman–Crippen MR) is 95.0 cm³/mol. The molecule has 25 heavy (non-hydrogen) atoms. The normalized spacial score (nSPS) is 53.2. The van der Waals surface area contributed by atoms with Crippen molar-refractivity contribution in [1.82, 2.24) is 0 Å². The maximum Gasteiger partial charge on any atom is 0.0942 e. The number of fused-ring (bicyclic) bond motifs is 2. The van der Waals surface area contributed by atoms with Crippen LogP contribution in [-0.2, 0) is 4.74 Å². The average molecular weight is 357 g/mol. The Kier molecular flexibility index (Phi) is 5.05. The first-order valence-electron chi connectivity index (χ1n) is 9.94. The van der Waals surface area contributed by atoms with Crippen molar-refractivity contribution in [2.24, 2.45) is 22.7 Å². The Morgan fingerprint density at radius 1 is 0.960 bits per heavy atom. The van der Waals surface area contributed by atoms with Crippen molar-refractivity contribution in [3.8, 4) is 0 Å². The molecular formula is C20H36O5. The van der Waals surface area contributed by atoms with E-state index in [1.807, 2.05) is 6.92 Å². The van der Waals surface area contributed by atoms with Gasteiger partial charge in [-0.05, 0) is 50.4 Å². The molecule has 3 fully saturated rings. The van der Waals surface area contributed by atoms with Gasteiger partial charge < -0.3 is 25.2 Å². The van der Waals surface area contributed by atoms with Crippen LogP contribution in [0, 0.1) is 22.7 Å². The summed E-state index contributed by atoms with van der Waals surface area (Å²) in [5.41, 5.74) is -1.66. The lowest BCUT2D eigenvalue weighted by Gasteiger charge is -2.65. The number of hydrogen-bond acceptors (Lipinski definition) is 5. The molecule has 3 aliphatic rings. The minimum absolute atomic E-state index is 0.0121. The Morgan fingerprint density at radius 3 is 2.28 bits per heavy atom. The number of ether oxygens (including phenoxy) is 1. The van der Waals surface area contributed by atoms with Gasteiger partial charge in [0, 0.05) is 23.9 Å². The summed E-state index contributed by atoms with van der Waals surface area (Å²) in [6, 6.07) is 0. The fourth-order valence-corrected chi connectivity index (χ4v) is 6.70. The Balaban J connectivity index is 2.02. The van der Waals surface area contributed by atoms with Gasteiger partial charge in [-0.2, -0.15) is 0 Å². The summed E-state index contributed by atoms with van der Waals surface area (Å²) in [6.07, 6.45) is 5.15. The molecule has 1 aliphatic heterocycles. The van der Waals surface area contributed by atoms with E-state index in [2.05, 4.69) is 13.8 Å². The summed E-state index contributed by atoms with van der Waals surface area (Å²) >= 11 is 0. The standard InChI is InChI=1S/C20H36O5/c1-14-4-5-15-17(2,12-22)16(24)6-7-18(15,3)20(14)9-8-19(13-23,25-20)10-11-21/h14-16,21-24H,4-13H2,1-3H3/t14-,15+,16+,17+,18+,19+,20+/m1/s1. The quantitative estimate of drug-likeness (QED) is 0.617. The molecular weight excluding hydrogens is 320 g/mol. The summed E-state index contributed by atoms with van der Waals surface area (Å²) in [7, 11) is 0. The minimum atomic E-state index is -0.653. The summed E-state index contributed by atoms with van der Waals surface area (Å²) in [5, 5.41) is 40.2. The van der Waals surface area contributed by atoms with E-state index in [0.29, 0.717) is 18.8 Å². The molecule has 0 bridgehead atoms. The van der Waals surface area contributed by atoms with Crippen LogP contribution in [0.15, 0.2) is 0 Å². The predicted octanol–water partition coefficient (Wildman–Crippen LogP) is 1.85. The highest BCUT2D eigenvalue weighted by Gasteiger charge is 2.68. The van der Waals surface area contributed by atoms with Crippen molar-refractivity contribution in [3.63, 3.8) is 0 Å². The molecule has 0 radical (unpaired) electrons. The van der Waals surface area contributed by atoms with Crippen LogP contribution in [-0.4, -0.2) is 57.6 Å². The highest BCUT2D eigenvalue weighted by Crippen LogP contribution is 2.67. The van der Waals surface area contributed by atoms with Crippen LogP contribution in [0.2, 0.25) is 0 Å². The zero-order valence-corrected chi connectivity index (χ0v) is 16.0. The maximum atomic E-state index is 10.6. The Hall–Kier alpha value is -0.200. The second-order valence-electron chi connectivity index (χ2n) is 9.47. The summed E-state index contributed by atoms with van der Waals surface area (Å²) < 4.78 is 6.75. The fourth-order valence-electron chi connectivity index (χ4n) is 6.70. The summed E-state index contributed by atoms with van der Waals surface area (Å²) in [6.45, 7) is 6.47. The maximum absolute atomic E-state index is 10.6. The van der Waals surface area contributed by atoms with Crippen LogP contribution >= 0.6 is 0 Å². The van der Waals surface area contributed by atoms with Gasteiger partial charge in [0.25, 0.3) is 0 Å². The third kappa shape index (κ3) is 2.53. The summed E-state index contributed by atoms with van der Waals surface area (Å²) in [5.74, 6) is 0.549. The number of hydrogen-bond donors (Lipinski definition) is 4. The molecule has 3 rings (SSSR count). The number of rotatable bonds is 4. The van der Waals surface area contributed by atoms with Gasteiger partial charge >= 0.3 is 0 Å². The SMILES string of the molecule is C[C@@H]1CC[C@H]2[C@](C)(CO)[C@@H](O)CC[C@]2(C)[C@]12CC[C@@](CO)(CCO)O2. The molecule has 2 saturated carbocycles. The largest absolute Gasteiger partial charge is 0.396 e. The van der Waals surface area contributed by atoms with Crippen LogP contribution in [0.5, 0.6) is 0 Å². The molecule has 5 heteroatoms. The van der Waals surface area contributed by atoms with Gasteiger partial charge in [0.2, 0.25) is 0 Å². The van der Waals surface area contributed by atoms with Gasteiger partial charge in [0.1, 0.15) is 0 Å². The molecule has 5 nitrogen and oxygen atoms in total. The first-order chi connectivity index (χ1) is 11.7. The third-order valence-corrected chi connectivity index (χ3v) is 8.46. The summed E-state index contributed by atoms with van der Waals surface area (Å²) in [4.78, 5) is 0. The van der Waals surface area contributed by atoms with E-state index in [-0.39, 0.29) is 36.8 Å². The van der Waals surface area contributed by atoms with E-state index in [1.165, 1.54) is 0 Å². The molecule has 146 valence electrons. The number of aliphatic hydroxyl groups excluding tert-OH is 4. The van der Waals surface area contributed by atoms with Crippen molar-refractivity contribution in [1.29, 1.82) is 0 Å². The lowest BCUT2D eigenvalue weighted by molar-refractivity contribution is -0.272. The van der Waals surface area contributed by atoms with E-state index in [4.69, 9.17) is 4.74 Å². The highest BCUT2D eigenvalue weighted by molar-refractivity contribution is 5.17. The van der Waals surface area contributed by atoms with Crippen LogP contribution in [0.25, 0.3) is 0 Å². The van der Waals surface area contributed by atoms with Crippen molar-refractivity contribution < 1.29 is 25.2 Å². The molecule has 4 N–H and O–H groups in total. The lowest BCUT2D eigenvalue weighted by Crippen LogP contribution is -2.66. The number of aliphatic hydroxyl groups is 4. The van der Waals surface area contributed by atoms with Crippen LogP contribution in [0.3, 0.4) is 0 Å². The van der Waals surface area contributed by atoms with Crippen molar-refractivity contribution in [2.45, 2.75) is 83.0 Å². The van der Waals surface area contributed by atoms with Crippen molar-refractivity contribution in [3.05, 3.63) is 0 Å². The fraction of sp³-hybridized carbons (Fsp3) is 1.00. The zero-order valence-electron chi connectivity index (χ0n) is 16.0. The molecule has 1 saturated heterocycles. The van der Waals surface area contributed by atoms with E-state index in [9.17, 15) is 20.4 Å². The Labute approximate surface area is 151 Å². The molecule has 0 aromatic carbocycles. The van der Waals surface area contributed by atoms with Gasteiger partial charge in [-0.3, -0.25) is 0 Å². The highest BCUT2D eigenvalue weighted by atomic mass is 16.5. The monoisotopic (exact) mass is 356 g/mol. The molecule has 0 aromatic heterocycles. The van der Waals surface area contributed by atoms with E-state index in [0.717, 1.165) is 32.1 Å². The molecule has 0 amide bonds. The van der Waals surface area contributed by atoms with Gasteiger partial charge in [-0.25, -0.2) is 0 Å². The molecule has 1 heterocycles. The van der Waals surface area contributed by atoms with Gasteiger partial charge in [0.15, 0.2) is 0 Å². The van der Waals surface area contributed by atoms with Crippen LogP contribution < -0.4 is 0 Å². The molecule has 0 aromatic rings. The Morgan fingerprint density at radius 2 is 1.68 bits per heavy atom. The van der Waals surface area contributed by atoms with Crippen molar-refractivity contribution in [2.75, 3.05) is 19.8 Å². The molecule has 7 atom stereocenters. The topological polar surface area (TPSA) is 90.2 Å². The smallest absolute Gasteiger partial charge is 0.0942 e. The second-order valence-corrected chi connectivity index (χ2v) is 9.47. The Bertz CT molecular complexity index is 498. The van der Waals surface area contributed by atoms with Crippen LogP contribution in [0.4, 0.5) is 0 Å². The molecule has 2 aliphatic carbocycles. The average Bonchev–Trinajstić information content (AvgIpc) is 2.99.